The molecule has 0 spiro atoms. The summed E-state index contributed by atoms with van der Waals surface area (Å²) in [6, 6.07) is 0. The number of ether oxygens (including phenoxy) is 2. The van der Waals surface area contributed by atoms with E-state index < -0.39 is 5.16 Å². The van der Waals surface area contributed by atoms with Crippen molar-refractivity contribution in [1.29, 1.82) is 0 Å². The number of hydrogen-bond acceptors (Lipinski definition) is 4. The SMILES string of the molecule is CC1CC(P)(C(CC2=C(O)OC(C)C2)c2n(C(C)(C)C)cc[n+]2C(C)(C)C)C(=O)O1. The second-order valence-corrected chi connectivity index (χ2v) is 12.0. The first kappa shape index (κ1) is 23.1. The molecule has 1 fully saturated rings. The van der Waals surface area contributed by atoms with Crippen LogP contribution in [0.25, 0.3) is 0 Å². The van der Waals surface area contributed by atoms with Gasteiger partial charge in [0.2, 0.25) is 0 Å². The van der Waals surface area contributed by atoms with E-state index in [4.69, 9.17) is 9.47 Å². The molecule has 5 unspecified atom stereocenters. The lowest BCUT2D eigenvalue weighted by atomic mass is 9.81. The molecule has 0 saturated carbocycles. The molecule has 2 aliphatic heterocycles. The van der Waals surface area contributed by atoms with Crippen molar-refractivity contribution in [3.63, 3.8) is 0 Å². The van der Waals surface area contributed by atoms with Crippen molar-refractivity contribution < 1.29 is 23.9 Å². The molecule has 1 saturated heterocycles. The lowest BCUT2D eigenvalue weighted by molar-refractivity contribution is -0.761. The van der Waals surface area contributed by atoms with Crippen LogP contribution in [0.2, 0.25) is 0 Å². The summed E-state index contributed by atoms with van der Waals surface area (Å²) in [4.78, 5) is 13.1. The number of nitrogens with zero attached hydrogens (tertiary/aromatic N) is 2. The van der Waals surface area contributed by atoms with Crippen LogP contribution >= 0.6 is 9.24 Å². The van der Waals surface area contributed by atoms with E-state index in [0.29, 0.717) is 19.3 Å². The van der Waals surface area contributed by atoms with Crippen LogP contribution in [0.5, 0.6) is 0 Å². The number of hydrogen-bond donors (Lipinski definition) is 1. The van der Waals surface area contributed by atoms with E-state index >= 15 is 0 Å². The normalized spacial score (nSPS) is 28.6. The molecule has 0 radical (unpaired) electrons. The molecular formula is C23H38N2O4P+. The third-order valence-corrected chi connectivity index (χ3v) is 7.02. The van der Waals surface area contributed by atoms with Crippen LogP contribution in [0.3, 0.4) is 0 Å². The summed E-state index contributed by atoms with van der Waals surface area (Å²) in [5.74, 6) is 0.686. The zero-order valence-electron chi connectivity index (χ0n) is 19.7. The number of imidazole rings is 1. The highest BCUT2D eigenvalue weighted by molar-refractivity contribution is 7.21. The molecule has 0 aromatic carbocycles. The zero-order chi connectivity index (χ0) is 22.6. The highest BCUT2D eigenvalue weighted by Gasteiger charge is 2.56. The number of carbonyl (C=O) groups is 1. The van der Waals surface area contributed by atoms with Gasteiger partial charge in [0.15, 0.2) is 0 Å². The minimum Gasteiger partial charge on any atom is -0.481 e. The second-order valence-electron chi connectivity index (χ2n) is 11.0. The third-order valence-electron chi connectivity index (χ3n) is 6.15. The van der Waals surface area contributed by atoms with E-state index in [1.165, 1.54) is 0 Å². The lowest BCUT2D eigenvalue weighted by Gasteiger charge is -2.32. The molecule has 2 aliphatic rings. The van der Waals surface area contributed by atoms with E-state index in [1.807, 2.05) is 13.8 Å². The molecule has 1 aromatic heterocycles. The van der Waals surface area contributed by atoms with Crippen molar-refractivity contribution in [2.75, 3.05) is 0 Å². The van der Waals surface area contributed by atoms with Crippen molar-refractivity contribution >= 4 is 15.2 Å². The molecule has 0 aliphatic carbocycles. The Balaban J connectivity index is 2.22. The summed E-state index contributed by atoms with van der Waals surface area (Å²) in [6.45, 7) is 16.9. The van der Waals surface area contributed by atoms with Gasteiger partial charge in [0.1, 0.15) is 35.7 Å². The maximum atomic E-state index is 13.1. The monoisotopic (exact) mass is 437 g/mol. The molecule has 3 heterocycles. The van der Waals surface area contributed by atoms with Crippen LogP contribution in [-0.4, -0.2) is 33.0 Å². The Labute approximate surface area is 182 Å². The average Bonchev–Trinajstić information content (AvgIpc) is 3.21. The van der Waals surface area contributed by atoms with Crippen LogP contribution in [-0.2, 0) is 25.3 Å². The van der Waals surface area contributed by atoms with Gasteiger partial charge in [-0.15, -0.1) is 9.24 Å². The number of aliphatic hydroxyl groups excluding tert-OH is 1. The Kier molecular flexibility index (Phi) is 5.81. The van der Waals surface area contributed by atoms with Gasteiger partial charge in [-0.1, -0.05) is 0 Å². The van der Waals surface area contributed by atoms with E-state index in [9.17, 15) is 9.90 Å². The molecule has 3 rings (SSSR count). The molecule has 168 valence electrons. The summed E-state index contributed by atoms with van der Waals surface area (Å²) in [6.07, 6.45) is 5.84. The first-order chi connectivity index (χ1) is 13.6. The highest BCUT2D eigenvalue weighted by atomic mass is 31.0. The molecule has 1 N–H and O–H groups in total. The summed E-state index contributed by atoms with van der Waals surface area (Å²) in [5, 5.41) is 9.66. The second kappa shape index (κ2) is 7.55. The quantitative estimate of drug-likeness (QED) is 0.434. The summed E-state index contributed by atoms with van der Waals surface area (Å²) < 4.78 is 15.7. The van der Waals surface area contributed by atoms with Crippen LogP contribution in [0.4, 0.5) is 0 Å². The minimum absolute atomic E-state index is 0.0108. The molecule has 1 aromatic rings. The van der Waals surface area contributed by atoms with Gasteiger partial charge in [0.05, 0.1) is 11.1 Å². The number of rotatable bonds is 4. The molecule has 6 nitrogen and oxygen atoms in total. The van der Waals surface area contributed by atoms with Crippen LogP contribution in [0, 0.1) is 0 Å². The fraction of sp³-hybridized carbons (Fsp3) is 0.739. The molecule has 0 amide bonds. The van der Waals surface area contributed by atoms with Crippen molar-refractivity contribution in [3.8, 4) is 0 Å². The van der Waals surface area contributed by atoms with Crippen molar-refractivity contribution in [2.45, 2.75) is 109 Å². The summed E-state index contributed by atoms with van der Waals surface area (Å²) >= 11 is 0. The van der Waals surface area contributed by atoms with Gasteiger partial charge in [-0.25, -0.2) is 9.13 Å². The van der Waals surface area contributed by atoms with Gasteiger partial charge in [-0.2, -0.15) is 0 Å². The fourth-order valence-corrected chi connectivity index (χ4v) is 5.39. The zero-order valence-corrected chi connectivity index (χ0v) is 20.8. The Morgan fingerprint density at radius 3 is 2.30 bits per heavy atom. The van der Waals surface area contributed by atoms with E-state index in [2.05, 4.69) is 72.3 Å². The largest absolute Gasteiger partial charge is 0.481 e. The van der Waals surface area contributed by atoms with E-state index in [0.717, 1.165) is 11.4 Å². The lowest BCUT2D eigenvalue weighted by Crippen LogP contribution is -2.56. The van der Waals surface area contributed by atoms with Crippen LogP contribution in [0.15, 0.2) is 23.9 Å². The number of esters is 1. The summed E-state index contributed by atoms with van der Waals surface area (Å²) in [5.41, 5.74) is 0.522. The predicted octanol–water partition coefficient (Wildman–Crippen LogP) is 4.29. The van der Waals surface area contributed by atoms with Gasteiger partial charge in [0, 0.05) is 18.4 Å². The predicted molar refractivity (Wildman–Crippen MR) is 119 cm³/mol. The number of aromatic nitrogens is 2. The van der Waals surface area contributed by atoms with Gasteiger partial charge in [0.25, 0.3) is 11.8 Å². The molecule has 30 heavy (non-hydrogen) atoms. The maximum absolute atomic E-state index is 13.1. The van der Waals surface area contributed by atoms with Crippen molar-refractivity contribution in [2.24, 2.45) is 0 Å². The maximum Gasteiger partial charge on any atom is 0.317 e. The van der Waals surface area contributed by atoms with E-state index in [-0.39, 0.29) is 41.1 Å². The standard InChI is InChI=1S/C23H37N2O4P/c1-14-11-16(19(26)28-14)12-17(23(30)13-15(2)29-20(23)27)18-24(21(3,4)5)9-10-25(18)22(6,7)8/h9-10,14-15,17H,11-13,30H2,1-8H3/p+1. The molecule has 7 heteroatoms. The van der Waals surface area contributed by atoms with Crippen molar-refractivity contribution in [3.05, 3.63) is 29.7 Å². The minimum atomic E-state index is -0.771. The van der Waals surface area contributed by atoms with E-state index in [1.54, 1.807) is 0 Å². The first-order valence-electron chi connectivity index (χ1n) is 10.9. The van der Waals surface area contributed by atoms with Crippen molar-refractivity contribution in [1.82, 2.24) is 4.57 Å². The van der Waals surface area contributed by atoms with Gasteiger partial charge >= 0.3 is 5.97 Å². The number of carbonyl (C=O) groups excluding carboxylic acids is 1. The van der Waals surface area contributed by atoms with Crippen LogP contribution in [0.1, 0.15) is 86.4 Å². The smallest absolute Gasteiger partial charge is 0.317 e. The Morgan fingerprint density at radius 1 is 1.23 bits per heavy atom. The van der Waals surface area contributed by atoms with Gasteiger partial charge in [-0.3, -0.25) is 4.79 Å². The van der Waals surface area contributed by atoms with Crippen LogP contribution < -0.4 is 4.57 Å². The Bertz CT molecular complexity index is 830. The van der Waals surface area contributed by atoms with Gasteiger partial charge in [-0.05, 0) is 61.8 Å². The molecule has 5 atom stereocenters. The van der Waals surface area contributed by atoms with Gasteiger partial charge < -0.3 is 14.6 Å². The Morgan fingerprint density at radius 2 is 1.87 bits per heavy atom. The average molecular weight is 438 g/mol. The topological polar surface area (TPSA) is 64.6 Å². The fourth-order valence-electron chi connectivity index (χ4n) is 4.72. The highest BCUT2D eigenvalue weighted by Crippen LogP contribution is 2.49. The molecule has 0 bridgehead atoms. The Hall–Kier alpha value is -1.55. The summed E-state index contributed by atoms with van der Waals surface area (Å²) in [7, 11) is 2.83. The first-order valence-corrected chi connectivity index (χ1v) is 11.4. The number of cyclic esters (lactones) is 1. The molecular weight excluding hydrogens is 399 g/mol. The third kappa shape index (κ3) is 4.12. The number of aliphatic hydroxyl groups is 1.